The summed E-state index contributed by atoms with van der Waals surface area (Å²) >= 11 is 0. The summed E-state index contributed by atoms with van der Waals surface area (Å²) in [6, 6.07) is 8.53. The maximum Gasteiger partial charge on any atom is 0.192 e. The molecule has 30 heavy (non-hydrogen) atoms. The molecule has 2 rings (SSSR count). The van der Waals surface area contributed by atoms with Crippen molar-refractivity contribution in [2.45, 2.75) is 26.4 Å². The largest absolute Gasteiger partial charge is 0.493 e. The molecule has 2 aromatic carbocycles. The molecule has 1 unspecified atom stereocenters. The normalized spacial score (nSPS) is 12.0. The quantitative estimate of drug-likeness (QED) is 0.259. The lowest BCUT2D eigenvalue weighted by molar-refractivity contribution is 0.196. The molecule has 0 fully saturated rings. The van der Waals surface area contributed by atoms with E-state index in [2.05, 4.69) is 15.6 Å². The van der Waals surface area contributed by atoms with Gasteiger partial charge in [0, 0.05) is 18.2 Å². The van der Waals surface area contributed by atoms with Crippen LogP contribution in [0.5, 0.6) is 11.5 Å². The third-order valence-electron chi connectivity index (χ3n) is 4.12. The number of halogens is 3. The molecule has 1 atom stereocenters. The molecule has 0 bridgehead atoms. The van der Waals surface area contributed by atoms with Crippen molar-refractivity contribution >= 4 is 29.9 Å². The second-order valence-corrected chi connectivity index (χ2v) is 6.28. The van der Waals surface area contributed by atoms with Crippen LogP contribution in [-0.4, -0.2) is 37.9 Å². The SMILES string of the molecule is CCNC(=NCc1ccc(OCCO)c(OC)c1)NC(C)c1ccc(F)cc1F.I. The van der Waals surface area contributed by atoms with E-state index in [9.17, 15) is 8.78 Å². The number of rotatable bonds is 9. The Hall–Kier alpha value is -2.14. The van der Waals surface area contributed by atoms with Crippen molar-refractivity contribution in [3.8, 4) is 11.5 Å². The van der Waals surface area contributed by atoms with Gasteiger partial charge in [-0.15, -0.1) is 24.0 Å². The van der Waals surface area contributed by atoms with Crippen LogP contribution >= 0.6 is 24.0 Å². The summed E-state index contributed by atoms with van der Waals surface area (Å²) < 4.78 is 37.9. The Kier molecular flexibility index (Phi) is 11.4. The van der Waals surface area contributed by atoms with Crippen LogP contribution in [0.3, 0.4) is 0 Å². The average Bonchev–Trinajstić information content (AvgIpc) is 2.70. The number of aliphatic hydroxyl groups is 1. The molecule has 0 aliphatic rings. The Bertz CT molecular complexity index is 837. The number of nitrogens with zero attached hydrogens (tertiary/aromatic N) is 1. The highest BCUT2D eigenvalue weighted by Crippen LogP contribution is 2.28. The van der Waals surface area contributed by atoms with Crippen LogP contribution in [0, 0.1) is 11.6 Å². The zero-order valence-corrected chi connectivity index (χ0v) is 19.6. The van der Waals surface area contributed by atoms with Crippen molar-refractivity contribution in [1.82, 2.24) is 10.6 Å². The van der Waals surface area contributed by atoms with Crippen LogP contribution < -0.4 is 20.1 Å². The summed E-state index contributed by atoms with van der Waals surface area (Å²) in [4.78, 5) is 4.53. The minimum atomic E-state index is -0.612. The summed E-state index contributed by atoms with van der Waals surface area (Å²) in [5.74, 6) is 0.373. The minimum absolute atomic E-state index is 0. The number of nitrogens with one attached hydrogen (secondary N) is 2. The van der Waals surface area contributed by atoms with E-state index in [1.807, 2.05) is 19.1 Å². The molecular weight excluding hydrogens is 507 g/mol. The van der Waals surface area contributed by atoms with Gasteiger partial charge in [0.05, 0.1) is 26.3 Å². The van der Waals surface area contributed by atoms with E-state index in [4.69, 9.17) is 14.6 Å². The van der Waals surface area contributed by atoms with E-state index >= 15 is 0 Å². The van der Waals surface area contributed by atoms with E-state index < -0.39 is 17.7 Å². The van der Waals surface area contributed by atoms with Crippen LogP contribution in [0.1, 0.15) is 31.0 Å². The standard InChI is InChI=1S/C21H27F2N3O3.HI/c1-4-24-21(26-14(2)17-7-6-16(22)12-18(17)23)25-13-15-5-8-19(29-10-9-27)20(11-15)28-3;/h5-8,11-12,14,27H,4,9-10,13H2,1-3H3,(H2,24,25,26);1H. The third-order valence-corrected chi connectivity index (χ3v) is 4.12. The fraction of sp³-hybridized carbons (Fsp3) is 0.381. The van der Waals surface area contributed by atoms with Gasteiger partial charge in [0.1, 0.15) is 18.2 Å². The summed E-state index contributed by atoms with van der Waals surface area (Å²) in [6.45, 7) is 4.78. The fourth-order valence-corrected chi connectivity index (χ4v) is 2.71. The molecule has 166 valence electrons. The number of aliphatic imine (C=N–C) groups is 1. The summed E-state index contributed by atoms with van der Waals surface area (Å²) in [5, 5.41) is 15.1. The molecule has 0 spiro atoms. The van der Waals surface area contributed by atoms with Gasteiger partial charge in [-0.3, -0.25) is 0 Å². The van der Waals surface area contributed by atoms with Gasteiger partial charge in [-0.2, -0.15) is 0 Å². The zero-order chi connectivity index (χ0) is 21.2. The van der Waals surface area contributed by atoms with Gasteiger partial charge in [-0.05, 0) is 37.6 Å². The topological polar surface area (TPSA) is 75.1 Å². The van der Waals surface area contributed by atoms with E-state index in [0.717, 1.165) is 11.6 Å². The first-order valence-electron chi connectivity index (χ1n) is 9.38. The van der Waals surface area contributed by atoms with Crippen LogP contribution in [0.2, 0.25) is 0 Å². The highest BCUT2D eigenvalue weighted by Gasteiger charge is 2.13. The van der Waals surface area contributed by atoms with Crippen molar-refractivity contribution in [2.24, 2.45) is 4.99 Å². The third kappa shape index (κ3) is 7.60. The van der Waals surface area contributed by atoms with Gasteiger partial charge < -0.3 is 25.2 Å². The molecule has 0 aliphatic carbocycles. The summed E-state index contributed by atoms with van der Waals surface area (Å²) in [5.41, 5.74) is 1.24. The number of guanidine groups is 1. The van der Waals surface area contributed by atoms with Crippen molar-refractivity contribution in [3.05, 3.63) is 59.2 Å². The van der Waals surface area contributed by atoms with Gasteiger partial charge in [0.15, 0.2) is 17.5 Å². The van der Waals surface area contributed by atoms with Gasteiger partial charge in [0.2, 0.25) is 0 Å². The Labute approximate surface area is 192 Å². The minimum Gasteiger partial charge on any atom is -0.493 e. The highest BCUT2D eigenvalue weighted by atomic mass is 127. The van der Waals surface area contributed by atoms with Crippen molar-refractivity contribution in [1.29, 1.82) is 0 Å². The number of methoxy groups -OCH3 is 1. The predicted octanol–water partition coefficient (Wildman–Crippen LogP) is 3.78. The van der Waals surface area contributed by atoms with Crippen molar-refractivity contribution in [2.75, 3.05) is 26.9 Å². The predicted molar refractivity (Wildman–Crippen MR) is 124 cm³/mol. The van der Waals surface area contributed by atoms with E-state index in [0.29, 0.717) is 36.1 Å². The van der Waals surface area contributed by atoms with Gasteiger partial charge in [-0.1, -0.05) is 12.1 Å². The van der Waals surface area contributed by atoms with Gasteiger partial charge in [0.25, 0.3) is 0 Å². The zero-order valence-electron chi connectivity index (χ0n) is 17.2. The monoisotopic (exact) mass is 535 g/mol. The Balaban J connectivity index is 0.00000450. The lowest BCUT2D eigenvalue weighted by atomic mass is 10.1. The molecule has 0 aromatic heterocycles. The first-order valence-corrected chi connectivity index (χ1v) is 9.38. The van der Waals surface area contributed by atoms with Crippen molar-refractivity contribution < 1.29 is 23.4 Å². The van der Waals surface area contributed by atoms with E-state index in [1.54, 1.807) is 20.1 Å². The lowest BCUT2D eigenvalue weighted by Gasteiger charge is -2.19. The second-order valence-electron chi connectivity index (χ2n) is 6.28. The summed E-state index contributed by atoms with van der Waals surface area (Å²) in [6.07, 6.45) is 0. The number of ether oxygens (including phenoxy) is 2. The van der Waals surface area contributed by atoms with Crippen LogP contribution in [0.15, 0.2) is 41.4 Å². The molecule has 0 aliphatic heterocycles. The smallest absolute Gasteiger partial charge is 0.192 e. The Morgan fingerprint density at radius 1 is 1.17 bits per heavy atom. The first kappa shape index (κ1) is 25.9. The fourth-order valence-electron chi connectivity index (χ4n) is 2.71. The lowest BCUT2D eigenvalue weighted by Crippen LogP contribution is -2.39. The molecule has 9 heteroatoms. The molecule has 0 radical (unpaired) electrons. The molecule has 3 N–H and O–H groups in total. The number of hydrogen-bond donors (Lipinski definition) is 3. The molecule has 0 amide bonds. The number of hydrogen-bond acceptors (Lipinski definition) is 4. The van der Waals surface area contributed by atoms with E-state index in [-0.39, 0.29) is 37.2 Å². The highest BCUT2D eigenvalue weighted by molar-refractivity contribution is 14.0. The summed E-state index contributed by atoms with van der Waals surface area (Å²) in [7, 11) is 1.54. The molecular formula is C21H28F2IN3O3. The second kappa shape index (κ2) is 13.2. The van der Waals surface area contributed by atoms with Crippen LogP contribution in [-0.2, 0) is 6.54 Å². The molecule has 6 nitrogen and oxygen atoms in total. The van der Waals surface area contributed by atoms with Gasteiger partial charge in [-0.25, -0.2) is 13.8 Å². The number of benzene rings is 2. The number of aliphatic hydroxyl groups excluding tert-OH is 1. The molecule has 0 saturated heterocycles. The van der Waals surface area contributed by atoms with Crippen LogP contribution in [0.4, 0.5) is 8.78 Å². The average molecular weight is 535 g/mol. The van der Waals surface area contributed by atoms with Crippen LogP contribution in [0.25, 0.3) is 0 Å². The maximum absolute atomic E-state index is 14.0. The van der Waals surface area contributed by atoms with Crippen molar-refractivity contribution in [3.63, 3.8) is 0 Å². The molecule has 0 heterocycles. The Morgan fingerprint density at radius 3 is 2.57 bits per heavy atom. The van der Waals surface area contributed by atoms with Gasteiger partial charge >= 0.3 is 0 Å². The first-order chi connectivity index (χ1) is 14.0. The Morgan fingerprint density at radius 2 is 1.93 bits per heavy atom. The molecule has 2 aromatic rings. The van der Waals surface area contributed by atoms with E-state index in [1.165, 1.54) is 12.1 Å². The maximum atomic E-state index is 14.0. The molecule has 0 saturated carbocycles.